The lowest BCUT2D eigenvalue weighted by Crippen LogP contribution is -2.35. The van der Waals surface area contributed by atoms with Crippen molar-refractivity contribution in [2.75, 3.05) is 20.2 Å². The molecule has 1 aliphatic rings. The molecule has 1 aromatic carbocycles. The molecule has 1 heterocycles. The van der Waals surface area contributed by atoms with Crippen molar-refractivity contribution in [1.82, 2.24) is 10.6 Å². The molecule has 4 nitrogen and oxygen atoms in total. The maximum absolute atomic E-state index is 13.0. The minimum atomic E-state index is -0.322. The van der Waals surface area contributed by atoms with Crippen molar-refractivity contribution in [3.05, 3.63) is 29.6 Å². The Bertz CT molecular complexity index is 409. The second kappa shape index (κ2) is 4.49. The van der Waals surface area contributed by atoms with Crippen molar-refractivity contribution in [1.29, 1.82) is 0 Å². The third kappa shape index (κ3) is 2.14. The topological polar surface area (TPSA) is 50.4 Å². The molecule has 2 rings (SSSR count). The van der Waals surface area contributed by atoms with E-state index in [0.717, 1.165) is 0 Å². The fourth-order valence-electron chi connectivity index (χ4n) is 1.71. The Morgan fingerprint density at radius 2 is 2.44 bits per heavy atom. The Hall–Kier alpha value is -1.62. The van der Waals surface area contributed by atoms with Gasteiger partial charge in [-0.05, 0) is 25.2 Å². The number of amides is 1. The lowest BCUT2D eigenvalue weighted by Gasteiger charge is -2.11. The monoisotopic (exact) mass is 224 g/mol. The standard InChI is InChI=1S/C11H13FN2O2/c1-13-5-11(15)14-9-6-16-10-3-2-7(12)4-8(9)10/h2-4,9,13H,5-6H2,1H3,(H,14,15). The van der Waals surface area contributed by atoms with Gasteiger partial charge in [-0.2, -0.15) is 0 Å². The molecule has 86 valence electrons. The van der Waals surface area contributed by atoms with Gasteiger partial charge in [-0.25, -0.2) is 4.39 Å². The third-order valence-electron chi connectivity index (χ3n) is 2.43. The van der Waals surface area contributed by atoms with Crippen LogP contribution in [-0.4, -0.2) is 26.1 Å². The van der Waals surface area contributed by atoms with E-state index in [1.54, 1.807) is 13.1 Å². The molecule has 5 heteroatoms. The largest absolute Gasteiger partial charge is 0.491 e. The highest BCUT2D eigenvalue weighted by atomic mass is 19.1. The van der Waals surface area contributed by atoms with Gasteiger partial charge >= 0.3 is 0 Å². The first kappa shape index (κ1) is 10.9. The molecule has 0 spiro atoms. The van der Waals surface area contributed by atoms with Crippen LogP contribution in [0, 0.1) is 5.82 Å². The Kier molecular flexibility index (Phi) is 3.05. The van der Waals surface area contributed by atoms with Crippen LogP contribution in [0.25, 0.3) is 0 Å². The van der Waals surface area contributed by atoms with E-state index in [4.69, 9.17) is 4.74 Å². The first-order chi connectivity index (χ1) is 7.70. The molecule has 0 fully saturated rings. The number of halogens is 1. The molecule has 2 N–H and O–H groups in total. The van der Waals surface area contributed by atoms with E-state index in [1.807, 2.05) is 0 Å². The summed E-state index contributed by atoms with van der Waals surface area (Å²) in [6, 6.07) is 4.06. The zero-order valence-corrected chi connectivity index (χ0v) is 8.92. The van der Waals surface area contributed by atoms with E-state index in [0.29, 0.717) is 17.9 Å². The predicted molar refractivity (Wildman–Crippen MR) is 56.7 cm³/mol. The van der Waals surface area contributed by atoms with Gasteiger partial charge in [-0.15, -0.1) is 0 Å². The molecule has 1 amide bonds. The molecule has 16 heavy (non-hydrogen) atoms. The Morgan fingerprint density at radius 1 is 1.62 bits per heavy atom. The van der Waals surface area contributed by atoms with Gasteiger partial charge in [0.05, 0.1) is 12.6 Å². The summed E-state index contributed by atoms with van der Waals surface area (Å²) in [5, 5.41) is 5.52. The Balaban J connectivity index is 2.11. The molecule has 0 aliphatic carbocycles. The van der Waals surface area contributed by atoms with E-state index in [9.17, 15) is 9.18 Å². The van der Waals surface area contributed by atoms with E-state index in [2.05, 4.69) is 10.6 Å². The van der Waals surface area contributed by atoms with Crippen LogP contribution in [-0.2, 0) is 4.79 Å². The minimum Gasteiger partial charge on any atom is -0.491 e. The number of rotatable bonds is 3. The summed E-state index contributed by atoms with van der Waals surface area (Å²) in [4.78, 5) is 11.4. The summed E-state index contributed by atoms with van der Waals surface area (Å²) in [6.07, 6.45) is 0. The van der Waals surface area contributed by atoms with Crippen LogP contribution in [0.3, 0.4) is 0 Å². The molecule has 0 saturated heterocycles. The number of hydrogen-bond acceptors (Lipinski definition) is 3. The van der Waals surface area contributed by atoms with Gasteiger partial charge in [-0.3, -0.25) is 4.79 Å². The molecule has 0 radical (unpaired) electrons. The lowest BCUT2D eigenvalue weighted by molar-refractivity contribution is -0.121. The van der Waals surface area contributed by atoms with Crippen LogP contribution in [0.15, 0.2) is 18.2 Å². The Morgan fingerprint density at radius 3 is 3.19 bits per heavy atom. The molecule has 1 atom stereocenters. The molecule has 1 aromatic rings. The maximum atomic E-state index is 13.0. The molecular weight excluding hydrogens is 211 g/mol. The fourth-order valence-corrected chi connectivity index (χ4v) is 1.71. The fraction of sp³-hybridized carbons (Fsp3) is 0.364. The van der Waals surface area contributed by atoms with Gasteiger partial charge in [0.1, 0.15) is 18.2 Å². The van der Waals surface area contributed by atoms with Gasteiger partial charge in [0.2, 0.25) is 5.91 Å². The number of nitrogens with one attached hydrogen (secondary N) is 2. The first-order valence-electron chi connectivity index (χ1n) is 5.07. The zero-order chi connectivity index (χ0) is 11.5. The van der Waals surface area contributed by atoms with Crippen LogP contribution in [0.4, 0.5) is 4.39 Å². The summed E-state index contributed by atoms with van der Waals surface area (Å²) in [5.74, 6) is 0.182. The van der Waals surface area contributed by atoms with Crippen molar-refractivity contribution in [2.45, 2.75) is 6.04 Å². The van der Waals surface area contributed by atoms with Crippen molar-refractivity contribution in [3.8, 4) is 5.75 Å². The quantitative estimate of drug-likeness (QED) is 0.790. The molecule has 1 unspecified atom stereocenters. The van der Waals surface area contributed by atoms with E-state index in [1.165, 1.54) is 12.1 Å². The normalized spacial score (nSPS) is 17.8. The highest BCUT2D eigenvalue weighted by Crippen LogP contribution is 2.32. The number of carbonyl (C=O) groups is 1. The van der Waals surface area contributed by atoms with Crippen LogP contribution in [0.1, 0.15) is 11.6 Å². The highest BCUT2D eigenvalue weighted by Gasteiger charge is 2.25. The highest BCUT2D eigenvalue weighted by molar-refractivity contribution is 5.78. The lowest BCUT2D eigenvalue weighted by atomic mass is 10.1. The van der Waals surface area contributed by atoms with Gasteiger partial charge in [0, 0.05) is 5.56 Å². The van der Waals surface area contributed by atoms with Crippen LogP contribution >= 0.6 is 0 Å². The summed E-state index contributed by atoms with van der Waals surface area (Å²) in [6.45, 7) is 0.593. The van der Waals surface area contributed by atoms with Gasteiger partial charge < -0.3 is 15.4 Å². The summed E-state index contributed by atoms with van der Waals surface area (Å²) >= 11 is 0. The van der Waals surface area contributed by atoms with Crippen LogP contribution in [0.2, 0.25) is 0 Å². The average Bonchev–Trinajstić information content (AvgIpc) is 2.61. The minimum absolute atomic E-state index is 0.131. The van der Waals surface area contributed by atoms with Gasteiger partial charge in [0.25, 0.3) is 0 Å². The number of benzene rings is 1. The smallest absolute Gasteiger partial charge is 0.234 e. The van der Waals surface area contributed by atoms with Crippen molar-refractivity contribution >= 4 is 5.91 Å². The number of fused-ring (bicyclic) bond motifs is 1. The van der Waals surface area contributed by atoms with Crippen molar-refractivity contribution in [3.63, 3.8) is 0 Å². The second-order valence-electron chi connectivity index (χ2n) is 3.64. The molecule has 1 aliphatic heterocycles. The van der Waals surface area contributed by atoms with Gasteiger partial charge in [-0.1, -0.05) is 0 Å². The van der Waals surface area contributed by atoms with Crippen LogP contribution in [0.5, 0.6) is 5.75 Å². The third-order valence-corrected chi connectivity index (χ3v) is 2.43. The van der Waals surface area contributed by atoms with Crippen molar-refractivity contribution < 1.29 is 13.9 Å². The van der Waals surface area contributed by atoms with E-state index in [-0.39, 0.29) is 24.3 Å². The number of ether oxygens (including phenoxy) is 1. The summed E-state index contributed by atoms with van der Waals surface area (Å²) in [5.41, 5.74) is 0.699. The maximum Gasteiger partial charge on any atom is 0.234 e. The van der Waals surface area contributed by atoms with Gasteiger partial charge in [0.15, 0.2) is 0 Å². The number of carbonyl (C=O) groups excluding carboxylic acids is 1. The second-order valence-corrected chi connectivity index (χ2v) is 3.64. The molecule has 0 saturated carbocycles. The summed E-state index contributed by atoms with van der Waals surface area (Å²) < 4.78 is 18.4. The number of hydrogen-bond donors (Lipinski definition) is 2. The number of likely N-dealkylation sites (N-methyl/N-ethyl adjacent to an activating group) is 1. The van der Waals surface area contributed by atoms with E-state index < -0.39 is 0 Å². The van der Waals surface area contributed by atoms with E-state index >= 15 is 0 Å². The predicted octanol–water partition coefficient (Wildman–Crippen LogP) is 0.595. The van der Waals surface area contributed by atoms with Crippen molar-refractivity contribution in [2.24, 2.45) is 0 Å². The zero-order valence-electron chi connectivity index (χ0n) is 8.92. The molecule has 0 bridgehead atoms. The average molecular weight is 224 g/mol. The molecule has 0 aromatic heterocycles. The first-order valence-corrected chi connectivity index (χ1v) is 5.07. The SMILES string of the molecule is CNCC(=O)NC1COc2ccc(F)cc21. The Labute approximate surface area is 92.8 Å². The molecular formula is C11H13FN2O2. The van der Waals surface area contributed by atoms with Crippen LogP contribution < -0.4 is 15.4 Å². The summed E-state index contributed by atoms with van der Waals surface area (Å²) in [7, 11) is 1.69.